The first-order valence-corrected chi connectivity index (χ1v) is 13.2. The summed E-state index contributed by atoms with van der Waals surface area (Å²) in [6.07, 6.45) is 2.18. The molecular weight excluding hydrogens is 525 g/mol. The van der Waals surface area contributed by atoms with E-state index in [2.05, 4.69) is 15.5 Å². The Morgan fingerprint density at radius 1 is 0.895 bits per heavy atom. The highest BCUT2D eigenvalue weighted by molar-refractivity contribution is 6.36. The number of halogens is 2. The van der Waals surface area contributed by atoms with Crippen LogP contribution in [0.5, 0.6) is 11.5 Å². The molecule has 3 aromatic carbocycles. The highest BCUT2D eigenvalue weighted by Crippen LogP contribution is 2.28. The molecule has 0 spiro atoms. The van der Waals surface area contributed by atoms with Crippen molar-refractivity contribution in [3.05, 3.63) is 87.4 Å². The average molecular weight is 556 g/mol. The van der Waals surface area contributed by atoms with Crippen molar-refractivity contribution in [2.75, 3.05) is 38.8 Å². The maximum atomic E-state index is 13.1. The van der Waals surface area contributed by atoms with E-state index >= 15 is 0 Å². The van der Waals surface area contributed by atoms with Gasteiger partial charge in [0.25, 0.3) is 11.8 Å². The Bertz CT molecular complexity index is 1290. The third-order valence-electron chi connectivity index (χ3n) is 6.64. The molecule has 0 aliphatic carbocycles. The summed E-state index contributed by atoms with van der Waals surface area (Å²) in [7, 11) is 3.21. The van der Waals surface area contributed by atoms with Gasteiger partial charge in [-0.15, -0.1) is 0 Å². The largest absolute Gasteiger partial charge is 0.493 e. The van der Waals surface area contributed by atoms with E-state index in [4.69, 9.17) is 32.7 Å². The SMILES string of the molecule is COc1ccc(CCNC(=O)c2ccccc2N2CCC(NC(=O)c3ccc(Cl)cc3Cl)CC2)cc1OC. The summed E-state index contributed by atoms with van der Waals surface area (Å²) in [5.74, 6) is 1.01. The molecule has 0 saturated carbocycles. The van der Waals surface area contributed by atoms with Crippen LogP contribution in [0.25, 0.3) is 0 Å². The summed E-state index contributed by atoms with van der Waals surface area (Å²) in [6, 6.07) is 18.2. The Morgan fingerprint density at radius 2 is 1.63 bits per heavy atom. The van der Waals surface area contributed by atoms with Gasteiger partial charge in [-0.05, 0) is 67.3 Å². The Balaban J connectivity index is 1.32. The number of amides is 2. The molecule has 3 aromatic rings. The molecule has 0 unspecified atom stereocenters. The van der Waals surface area contributed by atoms with Crippen LogP contribution in [0.3, 0.4) is 0 Å². The molecule has 1 aliphatic rings. The highest BCUT2D eigenvalue weighted by atomic mass is 35.5. The molecule has 1 saturated heterocycles. The Kier molecular flexibility index (Phi) is 9.37. The number of piperidine rings is 1. The molecule has 0 aromatic heterocycles. The number of hydrogen-bond acceptors (Lipinski definition) is 5. The van der Waals surface area contributed by atoms with Crippen LogP contribution in [0.4, 0.5) is 5.69 Å². The molecule has 9 heteroatoms. The fourth-order valence-corrected chi connectivity index (χ4v) is 5.09. The lowest BCUT2D eigenvalue weighted by atomic mass is 10.0. The van der Waals surface area contributed by atoms with E-state index in [1.807, 2.05) is 42.5 Å². The van der Waals surface area contributed by atoms with Gasteiger partial charge < -0.3 is 25.0 Å². The van der Waals surface area contributed by atoms with Gasteiger partial charge in [-0.2, -0.15) is 0 Å². The van der Waals surface area contributed by atoms with Crippen LogP contribution in [0.2, 0.25) is 10.0 Å². The predicted octanol–water partition coefficient (Wildman–Crippen LogP) is 5.38. The number of hydrogen-bond donors (Lipinski definition) is 2. The number of benzene rings is 3. The first kappa shape index (κ1) is 27.6. The lowest BCUT2D eigenvalue weighted by Gasteiger charge is -2.35. The molecule has 200 valence electrons. The maximum Gasteiger partial charge on any atom is 0.253 e. The standard InChI is InChI=1S/C29H31Cl2N3O4/c1-37-26-10-7-19(17-27(26)38-2)11-14-32-28(35)23-5-3-4-6-25(23)34-15-12-21(13-16-34)33-29(36)22-9-8-20(30)18-24(22)31/h3-10,17-18,21H,11-16H2,1-2H3,(H,32,35)(H,33,36). The van der Waals surface area contributed by atoms with Gasteiger partial charge in [0.2, 0.25) is 0 Å². The van der Waals surface area contributed by atoms with Crippen LogP contribution in [0.15, 0.2) is 60.7 Å². The first-order valence-electron chi connectivity index (χ1n) is 12.5. The van der Waals surface area contributed by atoms with Gasteiger partial charge in [0.05, 0.1) is 30.4 Å². The quantitative estimate of drug-likeness (QED) is 0.370. The Hall–Kier alpha value is -3.42. The van der Waals surface area contributed by atoms with Crippen molar-refractivity contribution in [2.45, 2.75) is 25.3 Å². The number of ether oxygens (including phenoxy) is 2. The molecule has 2 N–H and O–H groups in total. The molecule has 1 fully saturated rings. The van der Waals surface area contributed by atoms with E-state index in [1.165, 1.54) is 0 Å². The molecule has 2 amide bonds. The van der Waals surface area contributed by atoms with E-state index in [0.717, 1.165) is 37.2 Å². The lowest BCUT2D eigenvalue weighted by molar-refractivity contribution is 0.0929. The summed E-state index contributed by atoms with van der Waals surface area (Å²) in [4.78, 5) is 28.0. The normalized spacial score (nSPS) is 13.6. The van der Waals surface area contributed by atoms with E-state index in [-0.39, 0.29) is 17.9 Å². The van der Waals surface area contributed by atoms with Crippen LogP contribution < -0.4 is 25.0 Å². The number of anilines is 1. The molecule has 0 bridgehead atoms. The smallest absolute Gasteiger partial charge is 0.253 e. The van der Waals surface area contributed by atoms with Gasteiger partial charge in [0.1, 0.15) is 0 Å². The summed E-state index contributed by atoms with van der Waals surface area (Å²) in [6.45, 7) is 1.93. The van der Waals surface area contributed by atoms with Gasteiger partial charge in [-0.25, -0.2) is 0 Å². The maximum absolute atomic E-state index is 13.1. The molecule has 0 atom stereocenters. The van der Waals surface area contributed by atoms with Crippen molar-refractivity contribution < 1.29 is 19.1 Å². The first-order chi connectivity index (χ1) is 18.4. The van der Waals surface area contributed by atoms with Crippen LogP contribution in [0, 0.1) is 0 Å². The Morgan fingerprint density at radius 3 is 2.34 bits per heavy atom. The molecule has 4 rings (SSSR count). The van der Waals surface area contributed by atoms with Gasteiger partial charge in [-0.1, -0.05) is 41.4 Å². The number of carbonyl (C=O) groups is 2. The van der Waals surface area contributed by atoms with Crippen LogP contribution in [-0.4, -0.2) is 51.7 Å². The van der Waals surface area contributed by atoms with Crippen molar-refractivity contribution in [1.29, 1.82) is 0 Å². The number of nitrogens with one attached hydrogen (secondary N) is 2. The monoisotopic (exact) mass is 555 g/mol. The second kappa shape index (κ2) is 12.9. The van der Waals surface area contributed by atoms with Gasteiger partial charge >= 0.3 is 0 Å². The van der Waals surface area contributed by atoms with Crippen LogP contribution in [0.1, 0.15) is 39.1 Å². The number of carbonyl (C=O) groups excluding carboxylic acids is 2. The summed E-state index contributed by atoms with van der Waals surface area (Å²) >= 11 is 12.1. The second-order valence-corrected chi connectivity index (χ2v) is 9.91. The minimum atomic E-state index is -0.209. The second-order valence-electron chi connectivity index (χ2n) is 9.07. The van der Waals surface area contributed by atoms with Gasteiger partial charge in [0, 0.05) is 36.4 Å². The van der Waals surface area contributed by atoms with Crippen molar-refractivity contribution >= 4 is 40.7 Å². The van der Waals surface area contributed by atoms with E-state index in [0.29, 0.717) is 45.6 Å². The molecule has 0 radical (unpaired) electrons. The summed E-state index contributed by atoms with van der Waals surface area (Å²) < 4.78 is 10.7. The van der Waals surface area contributed by atoms with Crippen molar-refractivity contribution in [2.24, 2.45) is 0 Å². The Labute approximate surface area is 233 Å². The minimum absolute atomic E-state index is 0.0213. The zero-order chi connectivity index (χ0) is 27.1. The van der Waals surface area contributed by atoms with E-state index < -0.39 is 0 Å². The predicted molar refractivity (Wildman–Crippen MR) is 151 cm³/mol. The van der Waals surface area contributed by atoms with Gasteiger partial charge in [-0.3, -0.25) is 9.59 Å². The number of methoxy groups -OCH3 is 2. The van der Waals surface area contributed by atoms with Crippen molar-refractivity contribution in [1.82, 2.24) is 10.6 Å². The average Bonchev–Trinajstić information content (AvgIpc) is 2.93. The lowest BCUT2D eigenvalue weighted by Crippen LogP contribution is -2.45. The topological polar surface area (TPSA) is 79.9 Å². The fourth-order valence-electron chi connectivity index (χ4n) is 4.59. The highest BCUT2D eigenvalue weighted by Gasteiger charge is 2.24. The number of nitrogens with zero attached hydrogens (tertiary/aromatic N) is 1. The fraction of sp³-hybridized carbons (Fsp3) is 0.310. The van der Waals surface area contributed by atoms with Crippen LogP contribution in [-0.2, 0) is 6.42 Å². The third kappa shape index (κ3) is 6.71. The molecular formula is C29H31Cl2N3O4. The van der Waals surface area contributed by atoms with Crippen molar-refractivity contribution in [3.63, 3.8) is 0 Å². The molecule has 38 heavy (non-hydrogen) atoms. The molecule has 1 heterocycles. The summed E-state index contributed by atoms with van der Waals surface area (Å²) in [5, 5.41) is 6.93. The minimum Gasteiger partial charge on any atom is -0.493 e. The molecule has 7 nitrogen and oxygen atoms in total. The number of rotatable bonds is 9. The third-order valence-corrected chi connectivity index (χ3v) is 7.19. The zero-order valence-corrected chi connectivity index (χ0v) is 22.9. The van der Waals surface area contributed by atoms with Crippen molar-refractivity contribution in [3.8, 4) is 11.5 Å². The van der Waals surface area contributed by atoms with E-state index in [1.54, 1.807) is 32.4 Å². The summed E-state index contributed by atoms with van der Waals surface area (Å²) in [5.41, 5.74) is 2.98. The van der Waals surface area contributed by atoms with E-state index in [9.17, 15) is 9.59 Å². The molecule has 1 aliphatic heterocycles. The number of para-hydroxylation sites is 1. The zero-order valence-electron chi connectivity index (χ0n) is 21.4. The van der Waals surface area contributed by atoms with Crippen LogP contribution >= 0.6 is 23.2 Å². The van der Waals surface area contributed by atoms with Gasteiger partial charge in [0.15, 0.2) is 11.5 Å².